The van der Waals surface area contributed by atoms with Crippen molar-refractivity contribution in [2.24, 2.45) is 0 Å². The molecule has 0 aromatic heterocycles. The molecule has 0 saturated heterocycles. The van der Waals surface area contributed by atoms with Gasteiger partial charge in [-0.2, -0.15) is 0 Å². The van der Waals surface area contributed by atoms with Crippen LogP contribution in [0.25, 0.3) is 0 Å². The van der Waals surface area contributed by atoms with Gasteiger partial charge in [-0.05, 0) is 25.7 Å². The Labute approximate surface area is 107 Å². The summed E-state index contributed by atoms with van der Waals surface area (Å²) in [5, 5.41) is 0. The van der Waals surface area contributed by atoms with Crippen LogP contribution in [0.1, 0.15) is 71.1 Å². The van der Waals surface area contributed by atoms with Crippen molar-refractivity contribution in [2.75, 3.05) is 0 Å². The zero-order chi connectivity index (χ0) is 12.6. The molecule has 0 heterocycles. The third-order valence-electron chi connectivity index (χ3n) is 2.78. The van der Waals surface area contributed by atoms with Gasteiger partial charge in [-0.3, -0.25) is 0 Å². The highest BCUT2D eigenvalue weighted by molar-refractivity contribution is 5.48. The van der Waals surface area contributed by atoms with Crippen molar-refractivity contribution in [2.45, 2.75) is 71.1 Å². The highest BCUT2D eigenvalue weighted by Gasteiger charge is 1.89. The molecule has 1 heteroatoms. The molecule has 0 amide bonds. The van der Waals surface area contributed by atoms with Gasteiger partial charge in [-0.25, -0.2) is 0 Å². The van der Waals surface area contributed by atoms with E-state index in [0.29, 0.717) is 0 Å². The monoisotopic (exact) mass is 236 g/mol. The average Bonchev–Trinajstić information content (AvgIpc) is 2.35. The zero-order valence-electron chi connectivity index (χ0n) is 11.4. The minimum atomic E-state index is 0.743. The molecule has 0 aromatic rings. The number of rotatable bonds is 12. The van der Waals surface area contributed by atoms with E-state index in [4.69, 9.17) is 0 Å². The maximum Gasteiger partial charge on any atom is 0.119 e. The van der Waals surface area contributed by atoms with Gasteiger partial charge in [0.15, 0.2) is 0 Å². The molecular formula is C16H28O. The second-order valence-corrected chi connectivity index (χ2v) is 4.51. The first-order valence-electron chi connectivity index (χ1n) is 7.17. The summed E-state index contributed by atoms with van der Waals surface area (Å²) in [6.07, 6.45) is 21.7. The fourth-order valence-corrected chi connectivity index (χ4v) is 1.71. The minimum absolute atomic E-state index is 0.743. The molecule has 0 N–H and O–H groups in total. The molecule has 0 saturated carbocycles. The molecule has 0 radical (unpaired) electrons. The molecule has 0 bridgehead atoms. The molecule has 0 aliphatic heterocycles. The van der Waals surface area contributed by atoms with Crippen LogP contribution in [0.4, 0.5) is 0 Å². The van der Waals surface area contributed by atoms with Gasteiger partial charge in [-0.1, -0.05) is 63.3 Å². The van der Waals surface area contributed by atoms with Gasteiger partial charge in [0.1, 0.15) is 6.29 Å². The molecule has 0 aliphatic carbocycles. The lowest BCUT2D eigenvalue weighted by Gasteiger charge is -1.98. The number of allylic oxidation sites excluding steroid dienone is 4. The van der Waals surface area contributed by atoms with Crippen LogP contribution in [-0.4, -0.2) is 6.29 Å². The van der Waals surface area contributed by atoms with Crippen molar-refractivity contribution in [3.8, 4) is 0 Å². The topological polar surface area (TPSA) is 17.1 Å². The number of carbonyl (C=O) groups excluding carboxylic acids is 1. The van der Waals surface area contributed by atoms with Gasteiger partial charge in [-0.15, -0.1) is 0 Å². The fraction of sp³-hybridized carbons (Fsp3) is 0.688. The molecule has 0 fully saturated rings. The molecule has 17 heavy (non-hydrogen) atoms. The summed E-state index contributed by atoms with van der Waals surface area (Å²) in [5.41, 5.74) is 0. The largest absolute Gasteiger partial charge is 0.303 e. The van der Waals surface area contributed by atoms with Crippen LogP contribution in [0.15, 0.2) is 24.3 Å². The van der Waals surface area contributed by atoms with Crippen molar-refractivity contribution >= 4 is 6.29 Å². The molecule has 0 aromatic carbocycles. The SMILES string of the molecule is CCC/C=C/C=C\CCCCCCCCC=O. The van der Waals surface area contributed by atoms with Gasteiger partial charge >= 0.3 is 0 Å². The Balaban J connectivity index is 3.09. The smallest absolute Gasteiger partial charge is 0.119 e. The summed E-state index contributed by atoms with van der Waals surface area (Å²) in [7, 11) is 0. The summed E-state index contributed by atoms with van der Waals surface area (Å²) in [6, 6.07) is 0. The number of hydrogen-bond donors (Lipinski definition) is 0. The molecule has 0 spiro atoms. The summed E-state index contributed by atoms with van der Waals surface area (Å²) < 4.78 is 0. The van der Waals surface area contributed by atoms with Crippen LogP contribution >= 0.6 is 0 Å². The first-order valence-corrected chi connectivity index (χ1v) is 7.17. The highest BCUT2D eigenvalue weighted by atomic mass is 16.1. The maximum absolute atomic E-state index is 10.1. The Morgan fingerprint density at radius 3 is 1.82 bits per heavy atom. The summed E-state index contributed by atoms with van der Waals surface area (Å²) in [5.74, 6) is 0. The number of hydrogen-bond acceptors (Lipinski definition) is 1. The predicted molar refractivity (Wildman–Crippen MR) is 76.2 cm³/mol. The third kappa shape index (κ3) is 15.1. The van der Waals surface area contributed by atoms with E-state index in [0.717, 1.165) is 19.1 Å². The highest BCUT2D eigenvalue weighted by Crippen LogP contribution is 2.08. The predicted octanol–water partition coefficient (Wildman–Crippen LogP) is 5.22. The number of aldehydes is 1. The van der Waals surface area contributed by atoms with Crippen molar-refractivity contribution in [1.29, 1.82) is 0 Å². The number of carbonyl (C=O) groups is 1. The molecule has 1 nitrogen and oxygen atoms in total. The van der Waals surface area contributed by atoms with Gasteiger partial charge in [0.25, 0.3) is 0 Å². The van der Waals surface area contributed by atoms with E-state index >= 15 is 0 Å². The van der Waals surface area contributed by atoms with Crippen LogP contribution in [-0.2, 0) is 4.79 Å². The first kappa shape index (κ1) is 16.1. The van der Waals surface area contributed by atoms with Crippen LogP contribution in [0.3, 0.4) is 0 Å². The van der Waals surface area contributed by atoms with Crippen molar-refractivity contribution < 1.29 is 4.79 Å². The van der Waals surface area contributed by atoms with Crippen molar-refractivity contribution in [3.63, 3.8) is 0 Å². The summed E-state index contributed by atoms with van der Waals surface area (Å²) in [4.78, 5) is 10.1. The Bertz CT molecular complexity index is 204. The maximum atomic E-state index is 10.1. The van der Waals surface area contributed by atoms with Gasteiger partial charge in [0.05, 0.1) is 0 Å². The molecule has 0 aliphatic rings. The lowest BCUT2D eigenvalue weighted by Crippen LogP contribution is -1.80. The van der Waals surface area contributed by atoms with Crippen molar-refractivity contribution in [1.82, 2.24) is 0 Å². The zero-order valence-corrected chi connectivity index (χ0v) is 11.4. The second kappa shape index (κ2) is 15.1. The molecular weight excluding hydrogens is 208 g/mol. The normalized spacial score (nSPS) is 11.6. The minimum Gasteiger partial charge on any atom is -0.303 e. The van der Waals surface area contributed by atoms with E-state index < -0.39 is 0 Å². The van der Waals surface area contributed by atoms with Gasteiger partial charge in [0, 0.05) is 6.42 Å². The lowest BCUT2D eigenvalue weighted by molar-refractivity contribution is -0.107. The Morgan fingerprint density at radius 2 is 1.24 bits per heavy atom. The van der Waals surface area contributed by atoms with Crippen LogP contribution < -0.4 is 0 Å². The quantitative estimate of drug-likeness (QED) is 0.258. The Morgan fingerprint density at radius 1 is 0.706 bits per heavy atom. The Hall–Kier alpha value is -0.850. The molecule has 0 atom stereocenters. The Kier molecular flexibility index (Phi) is 14.4. The van der Waals surface area contributed by atoms with E-state index in [1.54, 1.807) is 0 Å². The molecule has 98 valence electrons. The number of unbranched alkanes of at least 4 members (excludes halogenated alkanes) is 8. The van der Waals surface area contributed by atoms with E-state index in [1.165, 1.54) is 51.4 Å². The van der Waals surface area contributed by atoms with Crippen LogP contribution in [0, 0.1) is 0 Å². The lowest BCUT2D eigenvalue weighted by atomic mass is 10.1. The molecule has 0 rings (SSSR count). The van der Waals surface area contributed by atoms with Gasteiger partial charge in [0.2, 0.25) is 0 Å². The van der Waals surface area contributed by atoms with E-state index in [2.05, 4.69) is 31.2 Å². The summed E-state index contributed by atoms with van der Waals surface area (Å²) >= 11 is 0. The van der Waals surface area contributed by atoms with Crippen LogP contribution in [0.2, 0.25) is 0 Å². The molecule has 0 unspecified atom stereocenters. The first-order chi connectivity index (χ1) is 8.41. The van der Waals surface area contributed by atoms with Gasteiger partial charge < -0.3 is 4.79 Å². The fourth-order valence-electron chi connectivity index (χ4n) is 1.71. The van der Waals surface area contributed by atoms with Crippen LogP contribution in [0.5, 0.6) is 0 Å². The standard InChI is InChI=1S/C16H28O/c1-2-3-4-5-6-7-8-9-10-11-12-13-14-15-16-17/h4-7,16H,2-3,8-15H2,1H3/b5-4+,7-6-. The summed E-state index contributed by atoms with van der Waals surface area (Å²) in [6.45, 7) is 2.20. The average molecular weight is 236 g/mol. The van der Waals surface area contributed by atoms with Crippen molar-refractivity contribution in [3.05, 3.63) is 24.3 Å². The van der Waals surface area contributed by atoms with E-state index in [9.17, 15) is 4.79 Å². The third-order valence-corrected chi connectivity index (χ3v) is 2.78. The second-order valence-electron chi connectivity index (χ2n) is 4.51. The van der Waals surface area contributed by atoms with E-state index in [1.807, 2.05) is 0 Å². The van der Waals surface area contributed by atoms with E-state index in [-0.39, 0.29) is 0 Å².